The van der Waals surface area contributed by atoms with Crippen molar-refractivity contribution in [3.8, 4) is 11.3 Å². The second-order valence-corrected chi connectivity index (χ2v) is 10.00. The van der Waals surface area contributed by atoms with E-state index in [0.29, 0.717) is 23.8 Å². The maximum absolute atomic E-state index is 13.8. The number of anilines is 3. The molecule has 5 rings (SSSR count). The normalized spacial score (nSPS) is 18.1. The van der Waals surface area contributed by atoms with Gasteiger partial charge in [0.2, 0.25) is 0 Å². The van der Waals surface area contributed by atoms with E-state index in [1.165, 1.54) is 25.0 Å². The van der Waals surface area contributed by atoms with Crippen LogP contribution in [-0.2, 0) is 9.78 Å². The van der Waals surface area contributed by atoms with Gasteiger partial charge in [0.1, 0.15) is 24.2 Å². The number of rotatable bonds is 11. The predicted octanol–water partition coefficient (Wildman–Crippen LogP) is 6.23. The highest BCUT2D eigenvalue weighted by Gasteiger charge is 2.23. The van der Waals surface area contributed by atoms with E-state index in [4.69, 9.17) is 14.7 Å². The zero-order valence-electron chi connectivity index (χ0n) is 21.1. The third-order valence-corrected chi connectivity index (χ3v) is 6.94. The summed E-state index contributed by atoms with van der Waals surface area (Å²) in [6.07, 6.45) is 5.61. The highest BCUT2D eigenvalue weighted by molar-refractivity contribution is 5.67. The number of likely N-dealkylation sites (N-methyl/N-ethyl adjacent to an activating group) is 1. The highest BCUT2D eigenvalue weighted by Crippen LogP contribution is 2.32. The molecule has 2 heterocycles. The van der Waals surface area contributed by atoms with Crippen LogP contribution >= 0.6 is 0 Å². The summed E-state index contributed by atoms with van der Waals surface area (Å²) in [6.45, 7) is 2.54. The molecule has 1 saturated carbocycles. The van der Waals surface area contributed by atoms with E-state index in [1.54, 1.807) is 24.3 Å². The van der Waals surface area contributed by atoms with E-state index in [-0.39, 0.29) is 18.5 Å². The quantitative estimate of drug-likeness (QED) is 0.187. The van der Waals surface area contributed by atoms with Gasteiger partial charge in [0.05, 0.1) is 11.4 Å². The van der Waals surface area contributed by atoms with Crippen LogP contribution in [0.15, 0.2) is 54.6 Å². The minimum Gasteiger partial charge on any atom is -0.359 e. The van der Waals surface area contributed by atoms with E-state index < -0.39 is 0 Å². The largest absolute Gasteiger partial charge is 0.359 e. The third-order valence-electron chi connectivity index (χ3n) is 6.94. The average molecular weight is 510 g/mol. The van der Waals surface area contributed by atoms with Crippen LogP contribution in [0.4, 0.5) is 26.1 Å². The van der Waals surface area contributed by atoms with Gasteiger partial charge in [0, 0.05) is 36.4 Å². The molecule has 1 N–H and O–H groups in total. The van der Waals surface area contributed by atoms with Crippen molar-refractivity contribution in [3.05, 3.63) is 66.2 Å². The number of likely N-dealkylation sites (tertiary alicyclic amines) is 1. The Morgan fingerprint density at radius 1 is 1.08 bits per heavy atom. The number of benzene rings is 2. The Kier molecular flexibility index (Phi) is 8.23. The number of nitrogens with one attached hydrogen (secondary N) is 1. The Hall–Kier alpha value is -3.14. The zero-order valence-corrected chi connectivity index (χ0v) is 21.1. The van der Waals surface area contributed by atoms with Crippen LogP contribution < -0.4 is 10.4 Å². The topological polar surface area (TPSA) is 62.8 Å². The number of hydrogen-bond donors (Lipinski definition) is 1. The summed E-state index contributed by atoms with van der Waals surface area (Å²) in [7, 11) is 2.11. The molecule has 0 bridgehead atoms. The van der Waals surface area contributed by atoms with Crippen LogP contribution in [0.3, 0.4) is 0 Å². The molecule has 1 aliphatic carbocycles. The lowest BCUT2D eigenvalue weighted by Crippen LogP contribution is -2.31. The Morgan fingerprint density at radius 3 is 2.65 bits per heavy atom. The van der Waals surface area contributed by atoms with Gasteiger partial charge >= 0.3 is 0 Å². The van der Waals surface area contributed by atoms with Gasteiger partial charge in [-0.05, 0) is 73.6 Å². The van der Waals surface area contributed by atoms with E-state index in [1.807, 2.05) is 18.2 Å². The van der Waals surface area contributed by atoms with Gasteiger partial charge in [0.15, 0.2) is 0 Å². The number of halogens is 2. The molecule has 3 aromatic rings. The molecule has 196 valence electrons. The van der Waals surface area contributed by atoms with Gasteiger partial charge < -0.3 is 15.0 Å². The lowest BCUT2D eigenvalue weighted by Gasteiger charge is -2.29. The fourth-order valence-corrected chi connectivity index (χ4v) is 4.69. The van der Waals surface area contributed by atoms with Crippen LogP contribution in [0.25, 0.3) is 11.3 Å². The van der Waals surface area contributed by atoms with E-state index in [0.717, 1.165) is 60.4 Å². The Labute approximate surface area is 216 Å². The van der Waals surface area contributed by atoms with Crippen molar-refractivity contribution < 1.29 is 18.7 Å². The summed E-state index contributed by atoms with van der Waals surface area (Å²) >= 11 is 0. The summed E-state index contributed by atoms with van der Waals surface area (Å²) in [5.74, 6) is 1.99. The Morgan fingerprint density at radius 2 is 1.92 bits per heavy atom. The zero-order chi connectivity index (χ0) is 25.6. The lowest BCUT2D eigenvalue weighted by molar-refractivity contribution is -0.165. The SMILES string of the molecule is CN1CCCC(c2nc(Nc3cccc(F)c3)cc(-c3ccc(N(COCCC4CC4)OF)cc3)n2)C1. The average Bonchev–Trinajstić information content (AvgIpc) is 3.73. The molecule has 1 aromatic heterocycles. The van der Waals surface area contributed by atoms with Gasteiger partial charge in [-0.1, -0.05) is 36.1 Å². The van der Waals surface area contributed by atoms with E-state index in [2.05, 4.69) is 22.3 Å². The molecule has 1 atom stereocenters. The first kappa shape index (κ1) is 25.5. The molecular weight excluding hydrogens is 476 g/mol. The predicted molar refractivity (Wildman–Crippen MR) is 139 cm³/mol. The molecule has 2 aromatic carbocycles. The number of ether oxygens (including phenoxy) is 1. The number of hydroxylamine groups is 1. The maximum Gasteiger partial charge on any atom is 0.147 e. The maximum atomic E-state index is 13.8. The van der Waals surface area contributed by atoms with Crippen molar-refractivity contribution in [2.45, 2.75) is 38.0 Å². The molecule has 37 heavy (non-hydrogen) atoms. The smallest absolute Gasteiger partial charge is 0.147 e. The second kappa shape index (κ2) is 11.9. The first-order valence-corrected chi connectivity index (χ1v) is 12.9. The van der Waals surface area contributed by atoms with Crippen molar-refractivity contribution in [1.29, 1.82) is 0 Å². The molecule has 1 unspecified atom stereocenters. The van der Waals surface area contributed by atoms with Gasteiger partial charge in [0.25, 0.3) is 0 Å². The number of aromatic nitrogens is 2. The molecule has 2 fully saturated rings. The molecule has 9 heteroatoms. The van der Waals surface area contributed by atoms with Crippen molar-refractivity contribution in [2.24, 2.45) is 5.92 Å². The Bertz CT molecular complexity index is 1180. The number of nitrogens with zero attached hydrogens (tertiary/aromatic N) is 4. The van der Waals surface area contributed by atoms with Gasteiger partial charge in [-0.25, -0.2) is 14.4 Å². The minimum absolute atomic E-state index is 0.0110. The van der Waals surface area contributed by atoms with Gasteiger partial charge in [-0.3, -0.25) is 0 Å². The van der Waals surface area contributed by atoms with Gasteiger partial charge in [-0.15, -0.1) is 0 Å². The van der Waals surface area contributed by atoms with Crippen LogP contribution in [0.1, 0.15) is 43.8 Å². The minimum atomic E-state index is -0.319. The van der Waals surface area contributed by atoms with Crippen molar-refractivity contribution in [3.63, 3.8) is 0 Å². The molecule has 1 aliphatic heterocycles. The fraction of sp³-hybridized carbons (Fsp3) is 0.429. The van der Waals surface area contributed by atoms with Gasteiger partial charge in [-0.2, -0.15) is 5.06 Å². The highest BCUT2D eigenvalue weighted by atomic mass is 19.3. The van der Waals surface area contributed by atoms with E-state index in [9.17, 15) is 8.92 Å². The van der Waals surface area contributed by atoms with Crippen molar-refractivity contribution in [1.82, 2.24) is 14.9 Å². The molecule has 1 saturated heterocycles. The Balaban J connectivity index is 1.36. The number of hydrogen-bond acceptors (Lipinski definition) is 7. The summed E-state index contributed by atoms with van der Waals surface area (Å²) in [5, 5.41) is 8.35. The molecule has 0 radical (unpaired) electrons. The molecule has 2 aliphatic rings. The molecule has 0 amide bonds. The van der Waals surface area contributed by atoms with Crippen LogP contribution in [0, 0.1) is 11.7 Å². The number of piperidine rings is 1. The first-order chi connectivity index (χ1) is 18.1. The van der Waals surface area contributed by atoms with Crippen molar-refractivity contribution in [2.75, 3.05) is 43.9 Å². The summed E-state index contributed by atoms with van der Waals surface area (Å²) < 4.78 is 32.6. The summed E-state index contributed by atoms with van der Waals surface area (Å²) in [6, 6.07) is 15.4. The van der Waals surface area contributed by atoms with Crippen LogP contribution in [0.5, 0.6) is 0 Å². The molecular formula is C28H33F2N5O2. The molecule has 7 nitrogen and oxygen atoms in total. The van der Waals surface area contributed by atoms with Crippen LogP contribution in [-0.4, -0.2) is 48.3 Å². The second-order valence-electron chi connectivity index (χ2n) is 10.00. The standard InChI is InChI=1S/C28H33F2N5O2/c1-34-14-3-4-22(18-34)28-32-26(17-27(33-28)31-24-6-2-5-23(29)16-24)21-9-11-25(12-10-21)35(37-30)19-36-15-13-20-7-8-20/h2,5-6,9-12,16-17,20,22H,3-4,7-8,13-15,18-19H2,1H3,(H,31,32,33). The lowest BCUT2D eigenvalue weighted by atomic mass is 9.97. The van der Waals surface area contributed by atoms with Crippen molar-refractivity contribution >= 4 is 17.2 Å². The third kappa shape index (κ3) is 7.00. The fourth-order valence-electron chi connectivity index (χ4n) is 4.69. The monoisotopic (exact) mass is 509 g/mol. The summed E-state index contributed by atoms with van der Waals surface area (Å²) in [5.41, 5.74) is 2.74. The summed E-state index contributed by atoms with van der Waals surface area (Å²) in [4.78, 5) is 12.0. The van der Waals surface area contributed by atoms with E-state index >= 15 is 0 Å². The van der Waals surface area contributed by atoms with Crippen LogP contribution in [0.2, 0.25) is 0 Å². The molecule has 0 spiro atoms. The first-order valence-electron chi connectivity index (χ1n) is 12.9.